The average Bonchev–Trinajstić information content (AvgIpc) is 3.10. The molecule has 0 saturated heterocycles. The summed E-state index contributed by atoms with van der Waals surface area (Å²) in [5, 5.41) is 19.2. The molecule has 2 aromatic carbocycles. The average molecular weight is 423 g/mol. The van der Waals surface area contributed by atoms with E-state index in [1.54, 1.807) is 24.3 Å². The first-order chi connectivity index (χ1) is 14.5. The normalized spacial score (nSPS) is 13.9. The highest BCUT2D eigenvalue weighted by Crippen LogP contribution is 2.36. The van der Waals surface area contributed by atoms with Crippen LogP contribution in [0, 0.1) is 0 Å². The number of carbonyl (C=O) groups is 2. The Kier molecular flexibility index (Phi) is 7.81. The van der Waals surface area contributed by atoms with Gasteiger partial charge < -0.3 is 14.9 Å². The minimum Gasteiger partial charge on any atom is -0.508 e. The van der Waals surface area contributed by atoms with Gasteiger partial charge >= 0.3 is 0 Å². The van der Waals surface area contributed by atoms with Gasteiger partial charge in [-0.3, -0.25) is 9.59 Å². The van der Waals surface area contributed by atoms with Crippen molar-refractivity contribution in [2.45, 2.75) is 53.6 Å². The second kappa shape index (κ2) is 10.1. The van der Waals surface area contributed by atoms with E-state index >= 15 is 0 Å². The summed E-state index contributed by atoms with van der Waals surface area (Å²) in [5.41, 5.74) is 4.89. The standard InChI is InChI=1S/C13H14O3.C13H16O2/c1-7(2)12-5-9-4-10(8(3)14)11(15)6-13(9)16-12;1-9(2)4-5-12-8-11(10(3)14)6-7-13(12)15/h4,6,12,15H,1,5H2,2-3H3;4,6-8,15H,5H2,1-3H3/t12-;/m0./s1. The van der Waals surface area contributed by atoms with Crippen LogP contribution in [-0.2, 0) is 12.8 Å². The molecule has 0 spiro atoms. The minimum atomic E-state index is -0.140. The maximum absolute atomic E-state index is 11.3. The van der Waals surface area contributed by atoms with Crippen LogP contribution in [0.4, 0.5) is 0 Å². The van der Waals surface area contributed by atoms with Gasteiger partial charge in [-0.05, 0) is 82.0 Å². The Balaban J connectivity index is 0.000000221. The fourth-order valence-electron chi connectivity index (χ4n) is 3.12. The van der Waals surface area contributed by atoms with E-state index in [1.165, 1.54) is 25.5 Å². The van der Waals surface area contributed by atoms with Crippen LogP contribution in [0.1, 0.15) is 66.5 Å². The largest absolute Gasteiger partial charge is 0.508 e. The van der Waals surface area contributed by atoms with Crippen LogP contribution in [0.3, 0.4) is 0 Å². The van der Waals surface area contributed by atoms with Gasteiger partial charge in [0.05, 0.1) is 5.56 Å². The second-order valence-corrected chi connectivity index (χ2v) is 8.08. The van der Waals surface area contributed by atoms with Crippen molar-refractivity contribution in [3.63, 3.8) is 0 Å². The number of aromatic hydroxyl groups is 2. The van der Waals surface area contributed by atoms with Crippen molar-refractivity contribution >= 4 is 11.6 Å². The molecule has 0 aromatic heterocycles. The molecule has 5 nitrogen and oxygen atoms in total. The maximum Gasteiger partial charge on any atom is 0.163 e. The van der Waals surface area contributed by atoms with Crippen LogP contribution in [0.25, 0.3) is 0 Å². The number of carbonyl (C=O) groups excluding carboxylic acids is 2. The molecule has 0 bridgehead atoms. The predicted molar refractivity (Wildman–Crippen MR) is 122 cm³/mol. The number of hydrogen-bond donors (Lipinski definition) is 2. The highest BCUT2D eigenvalue weighted by Gasteiger charge is 2.25. The van der Waals surface area contributed by atoms with E-state index < -0.39 is 0 Å². The minimum absolute atomic E-state index is 0.0198. The third kappa shape index (κ3) is 6.32. The van der Waals surface area contributed by atoms with Gasteiger partial charge in [0.1, 0.15) is 23.4 Å². The molecular formula is C26H30O5. The third-order valence-corrected chi connectivity index (χ3v) is 5.00. The number of phenolic OH excluding ortho intramolecular Hbond substituents is 2. The van der Waals surface area contributed by atoms with Crippen molar-refractivity contribution in [2.24, 2.45) is 0 Å². The summed E-state index contributed by atoms with van der Waals surface area (Å²) in [5.74, 6) is 0.758. The maximum atomic E-state index is 11.3. The Morgan fingerprint density at radius 2 is 1.71 bits per heavy atom. The van der Waals surface area contributed by atoms with Crippen molar-refractivity contribution in [2.75, 3.05) is 0 Å². The van der Waals surface area contributed by atoms with Crippen molar-refractivity contribution < 1.29 is 24.5 Å². The fraction of sp³-hybridized carbons (Fsp3) is 0.308. The highest BCUT2D eigenvalue weighted by atomic mass is 16.5. The molecule has 2 N–H and O–H groups in total. The van der Waals surface area contributed by atoms with E-state index in [-0.39, 0.29) is 29.2 Å². The lowest BCUT2D eigenvalue weighted by molar-refractivity contribution is 0.100. The van der Waals surface area contributed by atoms with Gasteiger partial charge in [0.25, 0.3) is 0 Å². The van der Waals surface area contributed by atoms with Gasteiger partial charge in [-0.2, -0.15) is 0 Å². The molecule has 0 saturated carbocycles. The van der Waals surface area contributed by atoms with E-state index in [2.05, 4.69) is 6.58 Å². The lowest BCUT2D eigenvalue weighted by Crippen LogP contribution is -2.13. The van der Waals surface area contributed by atoms with Gasteiger partial charge in [-0.1, -0.05) is 18.2 Å². The van der Waals surface area contributed by atoms with Crippen LogP contribution in [0.2, 0.25) is 0 Å². The van der Waals surface area contributed by atoms with Gasteiger partial charge in [0, 0.05) is 18.1 Å². The lowest BCUT2D eigenvalue weighted by Gasteiger charge is -2.09. The van der Waals surface area contributed by atoms with Crippen molar-refractivity contribution in [1.82, 2.24) is 0 Å². The zero-order valence-corrected chi connectivity index (χ0v) is 18.8. The van der Waals surface area contributed by atoms with Gasteiger partial charge in [0.15, 0.2) is 11.6 Å². The Morgan fingerprint density at radius 1 is 1.03 bits per heavy atom. The lowest BCUT2D eigenvalue weighted by atomic mass is 10.0. The molecule has 1 heterocycles. The Hall–Kier alpha value is -3.34. The molecule has 1 atom stereocenters. The number of rotatable bonds is 5. The molecular weight excluding hydrogens is 392 g/mol. The number of Topliss-reactive ketones (excluding diaryl/α,β-unsaturated/α-hetero) is 2. The SMILES string of the molecule is C=C(C)[C@@H]1Cc2cc(C(C)=O)c(O)cc2O1.CC(=O)c1ccc(O)c(CC=C(C)C)c1. The second-order valence-electron chi connectivity index (χ2n) is 8.08. The van der Waals surface area contributed by atoms with E-state index in [0.717, 1.165) is 16.7 Å². The first-order valence-electron chi connectivity index (χ1n) is 10.1. The van der Waals surface area contributed by atoms with E-state index in [0.29, 0.717) is 29.7 Å². The van der Waals surface area contributed by atoms with E-state index in [4.69, 9.17) is 4.74 Å². The topological polar surface area (TPSA) is 83.8 Å². The summed E-state index contributed by atoms with van der Waals surface area (Å²) in [6.07, 6.45) is 3.36. The van der Waals surface area contributed by atoms with Gasteiger partial charge in [0.2, 0.25) is 0 Å². The molecule has 164 valence electrons. The molecule has 0 unspecified atom stereocenters. The Morgan fingerprint density at radius 3 is 2.26 bits per heavy atom. The van der Waals surface area contributed by atoms with Crippen molar-refractivity contribution in [1.29, 1.82) is 0 Å². The summed E-state index contributed by atoms with van der Waals surface area (Å²) < 4.78 is 5.61. The molecule has 1 aliphatic heterocycles. The zero-order chi connectivity index (χ0) is 23.3. The van der Waals surface area contributed by atoms with Gasteiger partial charge in [-0.15, -0.1) is 0 Å². The van der Waals surface area contributed by atoms with E-state index in [9.17, 15) is 19.8 Å². The van der Waals surface area contributed by atoms with Gasteiger partial charge in [-0.25, -0.2) is 0 Å². The van der Waals surface area contributed by atoms with Crippen molar-refractivity contribution in [3.8, 4) is 17.2 Å². The molecule has 0 fully saturated rings. The molecule has 2 aromatic rings. The number of fused-ring (bicyclic) bond motifs is 1. The summed E-state index contributed by atoms with van der Waals surface area (Å²) in [7, 11) is 0. The molecule has 0 aliphatic carbocycles. The highest BCUT2D eigenvalue weighted by molar-refractivity contribution is 5.97. The van der Waals surface area contributed by atoms with Crippen LogP contribution in [0.15, 0.2) is 54.1 Å². The summed E-state index contributed by atoms with van der Waals surface area (Å²) in [6, 6.07) is 8.18. The Labute approximate surface area is 183 Å². The van der Waals surface area contributed by atoms with Crippen LogP contribution in [0.5, 0.6) is 17.2 Å². The number of ketones is 2. The quantitative estimate of drug-likeness (QED) is 0.486. The number of allylic oxidation sites excluding steroid dienone is 2. The smallest absolute Gasteiger partial charge is 0.163 e. The number of benzene rings is 2. The first-order valence-corrected chi connectivity index (χ1v) is 10.1. The molecule has 1 aliphatic rings. The van der Waals surface area contributed by atoms with Crippen LogP contribution in [-0.4, -0.2) is 27.9 Å². The molecule has 31 heavy (non-hydrogen) atoms. The number of hydrogen-bond acceptors (Lipinski definition) is 5. The van der Waals surface area contributed by atoms with Crippen molar-refractivity contribution in [3.05, 3.63) is 76.4 Å². The fourth-order valence-corrected chi connectivity index (χ4v) is 3.12. The summed E-state index contributed by atoms with van der Waals surface area (Å²) >= 11 is 0. The monoisotopic (exact) mass is 422 g/mol. The molecule has 0 amide bonds. The number of ether oxygens (including phenoxy) is 1. The number of phenols is 2. The zero-order valence-electron chi connectivity index (χ0n) is 18.8. The Bertz CT molecular complexity index is 1040. The van der Waals surface area contributed by atoms with Crippen LogP contribution < -0.4 is 4.74 Å². The summed E-state index contributed by atoms with van der Waals surface area (Å²) in [4.78, 5) is 22.4. The molecule has 3 rings (SSSR count). The third-order valence-electron chi connectivity index (χ3n) is 5.00. The van der Waals surface area contributed by atoms with E-state index in [1.807, 2.05) is 26.8 Å². The summed E-state index contributed by atoms with van der Waals surface area (Å²) in [6.45, 7) is 12.7. The van der Waals surface area contributed by atoms with Crippen LogP contribution >= 0.6 is 0 Å². The predicted octanol–water partition coefficient (Wildman–Crippen LogP) is 5.58. The first kappa shape index (κ1) is 23.9. The molecule has 0 radical (unpaired) electrons. The molecule has 5 heteroatoms.